The van der Waals surface area contributed by atoms with Crippen molar-refractivity contribution >= 4 is 40.7 Å². The highest BCUT2D eigenvalue weighted by Gasteiger charge is 2.19. The summed E-state index contributed by atoms with van der Waals surface area (Å²) in [5, 5.41) is 4.27. The molecule has 1 aliphatic heterocycles. The summed E-state index contributed by atoms with van der Waals surface area (Å²) >= 11 is 12.3. The van der Waals surface area contributed by atoms with Gasteiger partial charge in [-0.1, -0.05) is 36.2 Å². The van der Waals surface area contributed by atoms with Gasteiger partial charge in [-0.3, -0.25) is 0 Å². The van der Waals surface area contributed by atoms with Gasteiger partial charge in [-0.25, -0.2) is 4.98 Å². The lowest BCUT2D eigenvalue weighted by Crippen LogP contribution is -2.34. The number of hydrogen-bond acceptors (Lipinski definition) is 4. The van der Waals surface area contributed by atoms with Gasteiger partial charge in [-0.05, 0) is 37.8 Å². The lowest BCUT2D eigenvalue weighted by atomic mass is 10.00. The minimum atomic E-state index is 0.499. The van der Waals surface area contributed by atoms with Crippen molar-refractivity contribution in [3.05, 3.63) is 40.0 Å². The second kappa shape index (κ2) is 6.93. The first-order chi connectivity index (χ1) is 11.0. The highest BCUT2D eigenvalue weighted by Crippen LogP contribution is 2.32. The van der Waals surface area contributed by atoms with Gasteiger partial charge in [-0.2, -0.15) is 4.98 Å². The number of hydrogen-bond donors (Lipinski definition) is 1. The number of halogens is 2. The molecular formula is C17H20Cl2N4. The quantitative estimate of drug-likeness (QED) is 0.838. The standard InChI is InChI=1S/C17H20Cl2N4/c1-11-6-8-23(9-7-11)17-20-12(2)10-15(22-17)21-14-5-3-4-13(18)16(14)19/h3-5,10-11H,6-9H2,1-2H3,(H,20,21,22). The second-order valence-electron chi connectivity index (χ2n) is 6.09. The van der Waals surface area contributed by atoms with Gasteiger partial charge in [0.15, 0.2) is 0 Å². The van der Waals surface area contributed by atoms with Crippen LogP contribution < -0.4 is 10.2 Å². The molecule has 0 saturated carbocycles. The minimum absolute atomic E-state index is 0.499. The van der Waals surface area contributed by atoms with E-state index in [1.165, 1.54) is 12.8 Å². The fraction of sp³-hybridized carbons (Fsp3) is 0.412. The van der Waals surface area contributed by atoms with E-state index in [4.69, 9.17) is 23.2 Å². The number of benzene rings is 1. The average molecular weight is 351 g/mol. The third-order valence-electron chi connectivity index (χ3n) is 4.12. The molecule has 0 atom stereocenters. The Morgan fingerprint density at radius 2 is 1.91 bits per heavy atom. The molecule has 0 unspecified atom stereocenters. The zero-order chi connectivity index (χ0) is 16.4. The van der Waals surface area contributed by atoms with E-state index in [2.05, 4.69) is 27.1 Å². The van der Waals surface area contributed by atoms with Crippen molar-refractivity contribution in [3.63, 3.8) is 0 Å². The molecular weight excluding hydrogens is 331 g/mol. The molecule has 1 aromatic carbocycles. The number of anilines is 3. The topological polar surface area (TPSA) is 41.1 Å². The van der Waals surface area contributed by atoms with Crippen molar-refractivity contribution in [2.24, 2.45) is 5.92 Å². The molecule has 1 aliphatic rings. The Morgan fingerprint density at radius 1 is 1.17 bits per heavy atom. The van der Waals surface area contributed by atoms with Crippen molar-refractivity contribution in [1.29, 1.82) is 0 Å². The first-order valence-electron chi connectivity index (χ1n) is 7.84. The van der Waals surface area contributed by atoms with E-state index in [1.54, 1.807) is 6.07 Å². The molecule has 1 fully saturated rings. The highest BCUT2D eigenvalue weighted by atomic mass is 35.5. The van der Waals surface area contributed by atoms with E-state index in [-0.39, 0.29) is 0 Å². The zero-order valence-corrected chi connectivity index (χ0v) is 14.8. The van der Waals surface area contributed by atoms with Gasteiger partial charge in [0.05, 0.1) is 15.7 Å². The molecule has 3 rings (SSSR count). The molecule has 0 spiro atoms. The fourth-order valence-electron chi connectivity index (χ4n) is 2.71. The van der Waals surface area contributed by atoms with Crippen molar-refractivity contribution in [2.45, 2.75) is 26.7 Å². The Bertz CT molecular complexity index is 697. The predicted molar refractivity (Wildman–Crippen MR) is 97.1 cm³/mol. The Labute approximate surface area is 146 Å². The lowest BCUT2D eigenvalue weighted by Gasteiger charge is -2.30. The van der Waals surface area contributed by atoms with Crippen LogP contribution >= 0.6 is 23.2 Å². The number of nitrogens with one attached hydrogen (secondary N) is 1. The summed E-state index contributed by atoms with van der Waals surface area (Å²) in [5.74, 6) is 2.28. The SMILES string of the molecule is Cc1cc(Nc2cccc(Cl)c2Cl)nc(N2CCC(C)CC2)n1. The Kier molecular flexibility index (Phi) is 4.93. The maximum atomic E-state index is 6.24. The summed E-state index contributed by atoms with van der Waals surface area (Å²) in [6.07, 6.45) is 2.36. The summed E-state index contributed by atoms with van der Waals surface area (Å²) in [5.41, 5.74) is 1.67. The molecule has 2 heterocycles. The van der Waals surface area contributed by atoms with Gasteiger partial charge < -0.3 is 10.2 Å². The molecule has 4 nitrogen and oxygen atoms in total. The second-order valence-corrected chi connectivity index (χ2v) is 6.88. The van der Waals surface area contributed by atoms with E-state index in [9.17, 15) is 0 Å². The van der Waals surface area contributed by atoms with Crippen molar-refractivity contribution in [3.8, 4) is 0 Å². The molecule has 23 heavy (non-hydrogen) atoms. The minimum Gasteiger partial charge on any atom is -0.341 e. The van der Waals surface area contributed by atoms with Crippen molar-refractivity contribution < 1.29 is 0 Å². The van der Waals surface area contributed by atoms with E-state index in [0.717, 1.165) is 42.2 Å². The molecule has 1 aromatic heterocycles. The van der Waals surface area contributed by atoms with Crippen LogP contribution in [0.25, 0.3) is 0 Å². The lowest BCUT2D eigenvalue weighted by molar-refractivity contribution is 0.434. The van der Waals surface area contributed by atoms with Crippen LogP contribution in [-0.4, -0.2) is 23.1 Å². The summed E-state index contributed by atoms with van der Waals surface area (Å²) < 4.78 is 0. The number of nitrogens with zero attached hydrogens (tertiary/aromatic N) is 3. The van der Waals surface area contributed by atoms with E-state index in [0.29, 0.717) is 10.0 Å². The molecule has 122 valence electrons. The molecule has 6 heteroatoms. The molecule has 0 bridgehead atoms. The smallest absolute Gasteiger partial charge is 0.227 e. The van der Waals surface area contributed by atoms with E-state index < -0.39 is 0 Å². The predicted octanol–water partition coefficient (Wildman–Crippen LogP) is 5.07. The summed E-state index contributed by atoms with van der Waals surface area (Å²) in [4.78, 5) is 11.5. The van der Waals surface area contributed by atoms with Crippen LogP contribution in [0.1, 0.15) is 25.5 Å². The maximum Gasteiger partial charge on any atom is 0.227 e. The summed E-state index contributed by atoms with van der Waals surface area (Å²) in [6.45, 7) is 6.27. The van der Waals surface area contributed by atoms with Gasteiger partial charge in [0.2, 0.25) is 5.95 Å². The van der Waals surface area contributed by atoms with Gasteiger partial charge in [-0.15, -0.1) is 0 Å². The van der Waals surface area contributed by atoms with Crippen LogP contribution in [0.3, 0.4) is 0 Å². The highest BCUT2D eigenvalue weighted by molar-refractivity contribution is 6.43. The Balaban J connectivity index is 1.84. The van der Waals surface area contributed by atoms with Gasteiger partial charge in [0.1, 0.15) is 5.82 Å². The third kappa shape index (κ3) is 3.88. The van der Waals surface area contributed by atoms with Crippen LogP contribution in [0.5, 0.6) is 0 Å². The molecule has 1 saturated heterocycles. The molecule has 0 aliphatic carbocycles. The number of aryl methyl sites for hydroxylation is 1. The fourth-order valence-corrected chi connectivity index (χ4v) is 3.05. The number of rotatable bonds is 3. The van der Waals surface area contributed by atoms with Crippen LogP contribution in [0.2, 0.25) is 10.0 Å². The van der Waals surface area contributed by atoms with E-state index >= 15 is 0 Å². The van der Waals surface area contributed by atoms with Crippen LogP contribution in [0.15, 0.2) is 24.3 Å². The monoisotopic (exact) mass is 350 g/mol. The largest absolute Gasteiger partial charge is 0.341 e. The maximum absolute atomic E-state index is 6.24. The van der Waals surface area contributed by atoms with Gasteiger partial charge in [0.25, 0.3) is 0 Å². The Hall–Kier alpha value is -1.52. The first-order valence-corrected chi connectivity index (χ1v) is 8.60. The van der Waals surface area contributed by atoms with E-state index in [1.807, 2.05) is 25.1 Å². The van der Waals surface area contributed by atoms with Crippen molar-refractivity contribution in [2.75, 3.05) is 23.3 Å². The molecule has 0 amide bonds. The molecule has 2 aromatic rings. The summed E-state index contributed by atoms with van der Waals surface area (Å²) in [6, 6.07) is 7.42. The normalized spacial score (nSPS) is 15.7. The van der Waals surface area contributed by atoms with Gasteiger partial charge >= 0.3 is 0 Å². The Morgan fingerprint density at radius 3 is 2.65 bits per heavy atom. The molecule has 0 radical (unpaired) electrons. The van der Waals surface area contributed by atoms with Crippen LogP contribution in [0.4, 0.5) is 17.5 Å². The summed E-state index contributed by atoms with van der Waals surface area (Å²) in [7, 11) is 0. The van der Waals surface area contributed by atoms with Gasteiger partial charge in [0, 0.05) is 24.8 Å². The number of aromatic nitrogens is 2. The average Bonchev–Trinajstić information content (AvgIpc) is 2.52. The van der Waals surface area contributed by atoms with Crippen molar-refractivity contribution in [1.82, 2.24) is 9.97 Å². The first kappa shape index (κ1) is 16.3. The van der Waals surface area contributed by atoms with Crippen LogP contribution in [-0.2, 0) is 0 Å². The number of piperidine rings is 1. The zero-order valence-electron chi connectivity index (χ0n) is 13.3. The molecule has 1 N–H and O–H groups in total. The van der Waals surface area contributed by atoms with Crippen LogP contribution in [0, 0.1) is 12.8 Å². The third-order valence-corrected chi connectivity index (χ3v) is 4.94.